The van der Waals surface area contributed by atoms with E-state index in [1.54, 1.807) is 0 Å². The Morgan fingerprint density at radius 1 is 1.05 bits per heavy atom. The minimum atomic E-state index is 0.460. The molecule has 1 aliphatic rings. The van der Waals surface area contributed by atoms with E-state index >= 15 is 0 Å². The van der Waals surface area contributed by atoms with Crippen LogP contribution in [0.25, 0.3) is 10.8 Å². The maximum Gasteiger partial charge on any atom is 0.0409 e. The number of benzene rings is 2. The molecule has 1 N–H and O–H groups in total. The van der Waals surface area contributed by atoms with Gasteiger partial charge in [-0.2, -0.15) is 11.8 Å². The summed E-state index contributed by atoms with van der Waals surface area (Å²) in [6.07, 6.45) is 7.13. The lowest BCUT2D eigenvalue weighted by molar-refractivity contribution is 0.515. The molecular formula is C19H25NS. The second-order valence-corrected chi connectivity index (χ2v) is 7.37. The van der Waals surface area contributed by atoms with E-state index in [-0.39, 0.29) is 0 Å². The number of hydrogen-bond donors (Lipinski definition) is 1. The van der Waals surface area contributed by atoms with Crippen molar-refractivity contribution in [2.45, 2.75) is 43.4 Å². The van der Waals surface area contributed by atoms with Crippen LogP contribution in [0.2, 0.25) is 0 Å². The third-order valence-electron chi connectivity index (χ3n) is 4.58. The first-order valence-corrected chi connectivity index (χ1v) is 9.19. The van der Waals surface area contributed by atoms with E-state index in [0.29, 0.717) is 6.04 Å². The van der Waals surface area contributed by atoms with Gasteiger partial charge in [-0.15, -0.1) is 0 Å². The van der Waals surface area contributed by atoms with Crippen LogP contribution in [-0.4, -0.2) is 18.1 Å². The molecule has 1 atom stereocenters. The summed E-state index contributed by atoms with van der Waals surface area (Å²) in [7, 11) is 2.08. The molecule has 0 bridgehead atoms. The Kier molecular flexibility index (Phi) is 5.21. The molecule has 0 saturated heterocycles. The van der Waals surface area contributed by atoms with Gasteiger partial charge >= 0.3 is 0 Å². The highest BCUT2D eigenvalue weighted by molar-refractivity contribution is 7.99. The second kappa shape index (κ2) is 7.33. The van der Waals surface area contributed by atoms with Gasteiger partial charge in [0.25, 0.3) is 0 Å². The van der Waals surface area contributed by atoms with Crippen molar-refractivity contribution in [3.8, 4) is 0 Å². The minimum Gasteiger partial charge on any atom is -0.312 e. The van der Waals surface area contributed by atoms with Crippen molar-refractivity contribution >= 4 is 22.5 Å². The van der Waals surface area contributed by atoms with Crippen LogP contribution in [0, 0.1) is 0 Å². The van der Waals surface area contributed by atoms with Gasteiger partial charge in [-0.1, -0.05) is 55.7 Å². The first-order chi connectivity index (χ1) is 10.4. The molecule has 2 heteroatoms. The van der Waals surface area contributed by atoms with Crippen LogP contribution in [0.1, 0.15) is 43.7 Å². The summed E-state index contributed by atoms with van der Waals surface area (Å²) in [6, 6.07) is 16.0. The Bertz CT molecular complexity index is 575. The molecule has 112 valence electrons. The van der Waals surface area contributed by atoms with Gasteiger partial charge in [0, 0.05) is 17.0 Å². The lowest BCUT2D eigenvalue weighted by atomic mass is 10.0. The highest BCUT2D eigenvalue weighted by Crippen LogP contribution is 2.31. The predicted molar refractivity (Wildman–Crippen MR) is 95.1 cm³/mol. The fraction of sp³-hybridized carbons (Fsp3) is 0.474. The van der Waals surface area contributed by atoms with E-state index in [2.05, 4.69) is 66.6 Å². The Morgan fingerprint density at radius 3 is 2.57 bits per heavy atom. The van der Waals surface area contributed by atoms with Gasteiger partial charge in [-0.3, -0.25) is 0 Å². The first kappa shape index (κ1) is 14.9. The van der Waals surface area contributed by atoms with Crippen molar-refractivity contribution in [1.82, 2.24) is 5.32 Å². The zero-order valence-corrected chi connectivity index (χ0v) is 13.7. The maximum atomic E-state index is 3.50. The van der Waals surface area contributed by atoms with Gasteiger partial charge in [0.05, 0.1) is 0 Å². The summed E-state index contributed by atoms with van der Waals surface area (Å²) < 4.78 is 0. The molecule has 0 spiro atoms. The Labute approximate surface area is 132 Å². The van der Waals surface area contributed by atoms with E-state index in [1.165, 1.54) is 54.2 Å². The van der Waals surface area contributed by atoms with E-state index in [9.17, 15) is 0 Å². The van der Waals surface area contributed by atoms with Crippen LogP contribution >= 0.6 is 11.8 Å². The van der Waals surface area contributed by atoms with Crippen molar-refractivity contribution in [1.29, 1.82) is 0 Å². The lowest BCUT2D eigenvalue weighted by Gasteiger charge is -2.24. The fourth-order valence-corrected chi connectivity index (χ4v) is 4.73. The zero-order valence-electron chi connectivity index (χ0n) is 12.8. The van der Waals surface area contributed by atoms with Crippen LogP contribution in [0.5, 0.6) is 0 Å². The fourth-order valence-electron chi connectivity index (χ4n) is 3.23. The molecule has 2 aromatic carbocycles. The number of nitrogens with one attached hydrogen (secondary N) is 1. The van der Waals surface area contributed by atoms with Gasteiger partial charge in [0.2, 0.25) is 0 Å². The van der Waals surface area contributed by atoms with E-state index in [0.717, 1.165) is 5.25 Å². The Morgan fingerprint density at radius 2 is 1.81 bits per heavy atom. The molecule has 1 saturated carbocycles. The normalized spacial score (nSPS) is 18.0. The molecule has 3 rings (SSSR count). The third kappa shape index (κ3) is 3.81. The van der Waals surface area contributed by atoms with Crippen LogP contribution in [0.15, 0.2) is 42.5 Å². The van der Waals surface area contributed by atoms with E-state index in [1.807, 2.05) is 0 Å². The Balaban J connectivity index is 1.68. The zero-order chi connectivity index (χ0) is 14.5. The molecule has 21 heavy (non-hydrogen) atoms. The monoisotopic (exact) mass is 299 g/mol. The van der Waals surface area contributed by atoms with Crippen LogP contribution in [-0.2, 0) is 0 Å². The molecule has 1 unspecified atom stereocenters. The third-order valence-corrected chi connectivity index (χ3v) is 6.04. The number of hydrogen-bond acceptors (Lipinski definition) is 2. The van der Waals surface area contributed by atoms with Crippen molar-refractivity contribution in [2.24, 2.45) is 0 Å². The number of fused-ring (bicyclic) bond motifs is 1. The predicted octanol–water partition coefficient (Wildman–Crippen LogP) is 5.17. The SMILES string of the molecule is CNC(CSC1CCCCC1)c1ccc2ccccc2c1. The van der Waals surface area contributed by atoms with Gasteiger partial charge in [0.1, 0.15) is 0 Å². The molecular weight excluding hydrogens is 274 g/mol. The quantitative estimate of drug-likeness (QED) is 0.817. The molecule has 0 heterocycles. The molecule has 1 aliphatic carbocycles. The highest BCUT2D eigenvalue weighted by atomic mass is 32.2. The maximum absolute atomic E-state index is 3.50. The van der Waals surface area contributed by atoms with Gasteiger partial charge in [-0.25, -0.2) is 0 Å². The van der Waals surface area contributed by atoms with E-state index in [4.69, 9.17) is 0 Å². The number of thioether (sulfide) groups is 1. The van der Waals surface area contributed by atoms with Crippen molar-refractivity contribution in [3.05, 3.63) is 48.0 Å². The smallest absolute Gasteiger partial charge is 0.0409 e. The second-order valence-electron chi connectivity index (χ2n) is 6.04. The van der Waals surface area contributed by atoms with Crippen LogP contribution in [0.3, 0.4) is 0 Å². The average molecular weight is 299 g/mol. The molecule has 1 fully saturated rings. The van der Waals surface area contributed by atoms with Crippen molar-refractivity contribution in [2.75, 3.05) is 12.8 Å². The molecule has 2 aromatic rings. The summed E-state index contributed by atoms with van der Waals surface area (Å²) in [5.74, 6) is 1.18. The van der Waals surface area contributed by atoms with Gasteiger partial charge < -0.3 is 5.32 Å². The summed E-state index contributed by atoms with van der Waals surface area (Å²) >= 11 is 2.17. The molecule has 0 radical (unpaired) electrons. The minimum absolute atomic E-state index is 0.460. The number of rotatable bonds is 5. The summed E-state index contributed by atoms with van der Waals surface area (Å²) in [6.45, 7) is 0. The average Bonchev–Trinajstić information content (AvgIpc) is 2.56. The van der Waals surface area contributed by atoms with Gasteiger partial charge in [0.15, 0.2) is 0 Å². The van der Waals surface area contributed by atoms with Crippen LogP contribution in [0.4, 0.5) is 0 Å². The van der Waals surface area contributed by atoms with Gasteiger partial charge in [-0.05, 0) is 42.3 Å². The topological polar surface area (TPSA) is 12.0 Å². The molecule has 0 aromatic heterocycles. The Hall–Kier alpha value is -0.990. The standard InChI is InChI=1S/C19H25NS/c1-20-19(14-21-18-9-3-2-4-10-18)17-12-11-15-7-5-6-8-16(15)13-17/h5-8,11-13,18-20H,2-4,9-10,14H2,1H3. The van der Waals surface area contributed by atoms with Crippen molar-refractivity contribution < 1.29 is 0 Å². The molecule has 0 amide bonds. The van der Waals surface area contributed by atoms with Crippen molar-refractivity contribution in [3.63, 3.8) is 0 Å². The molecule has 0 aliphatic heterocycles. The van der Waals surface area contributed by atoms with Crippen LogP contribution < -0.4 is 5.32 Å². The lowest BCUT2D eigenvalue weighted by Crippen LogP contribution is -2.21. The highest BCUT2D eigenvalue weighted by Gasteiger charge is 2.17. The first-order valence-electron chi connectivity index (χ1n) is 8.14. The summed E-state index contributed by atoms with van der Waals surface area (Å²) in [5.41, 5.74) is 1.42. The molecule has 1 nitrogen and oxygen atoms in total. The largest absolute Gasteiger partial charge is 0.312 e. The summed E-state index contributed by atoms with van der Waals surface area (Å²) in [5, 5.41) is 7.06. The summed E-state index contributed by atoms with van der Waals surface area (Å²) in [4.78, 5) is 0. The van der Waals surface area contributed by atoms with E-state index < -0.39 is 0 Å².